The van der Waals surface area contributed by atoms with Crippen molar-refractivity contribution in [1.82, 2.24) is 5.32 Å². The van der Waals surface area contributed by atoms with Crippen LogP contribution in [0.15, 0.2) is 71.6 Å². The summed E-state index contributed by atoms with van der Waals surface area (Å²) in [5.41, 5.74) is 2.12. The van der Waals surface area contributed by atoms with Crippen LogP contribution >= 0.6 is 0 Å². The first kappa shape index (κ1) is 24.0. The molecule has 33 heavy (non-hydrogen) atoms. The number of carbonyl (C=O) groups excluding carboxylic acids is 1. The Bertz CT molecular complexity index is 1230. The Morgan fingerprint density at radius 3 is 2.39 bits per heavy atom. The van der Waals surface area contributed by atoms with Crippen LogP contribution in [0.5, 0.6) is 11.5 Å². The van der Waals surface area contributed by atoms with Gasteiger partial charge in [0.25, 0.3) is 15.9 Å². The Balaban J connectivity index is 1.70. The highest BCUT2D eigenvalue weighted by molar-refractivity contribution is 7.92. The number of carbonyl (C=O) groups is 1. The summed E-state index contributed by atoms with van der Waals surface area (Å²) in [6.07, 6.45) is 0. The van der Waals surface area contributed by atoms with Crippen molar-refractivity contribution < 1.29 is 31.5 Å². The van der Waals surface area contributed by atoms with Gasteiger partial charge in [-0.15, -0.1) is 0 Å². The summed E-state index contributed by atoms with van der Waals surface area (Å²) >= 11 is 0. The van der Waals surface area contributed by atoms with Gasteiger partial charge in [-0.05, 0) is 55.0 Å². The van der Waals surface area contributed by atoms with Gasteiger partial charge < -0.3 is 14.8 Å². The summed E-state index contributed by atoms with van der Waals surface area (Å²) in [6.45, 7) is -1.04. The summed E-state index contributed by atoms with van der Waals surface area (Å²) in [5, 5.41) is 2.66. The molecule has 10 heteroatoms. The van der Waals surface area contributed by atoms with E-state index in [1.165, 1.54) is 49.6 Å². The van der Waals surface area contributed by atoms with Crippen LogP contribution in [0.3, 0.4) is 0 Å². The lowest BCUT2D eigenvalue weighted by Crippen LogP contribution is -2.23. The molecule has 0 aliphatic rings. The lowest BCUT2D eigenvalue weighted by molar-refractivity contribution is -0.0512. The Hall–Kier alpha value is -3.66. The average molecular weight is 477 g/mol. The second-order valence-corrected chi connectivity index (χ2v) is 8.73. The van der Waals surface area contributed by atoms with E-state index < -0.39 is 22.5 Å². The highest BCUT2D eigenvalue weighted by Crippen LogP contribution is 2.29. The molecular weight excluding hydrogens is 454 g/mol. The molecule has 0 unspecified atom stereocenters. The fourth-order valence-corrected chi connectivity index (χ4v) is 4.04. The zero-order chi connectivity index (χ0) is 24.0. The van der Waals surface area contributed by atoms with Crippen LogP contribution in [0.25, 0.3) is 0 Å². The zero-order valence-electron chi connectivity index (χ0n) is 17.8. The van der Waals surface area contributed by atoms with Gasteiger partial charge in [0, 0.05) is 17.8 Å². The van der Waals surface area contributed by atoms with Crippen molar-refractivity contribution in [1.29, 1.82) is 0 Å². The van der Waals surface area contributed by atoms with Crippen LogP contribution in [-0.4, -0.2) is 28.0 Å². The predicted molar refractivity (Wildman–Crippen MR) is 119 cm³/mol. The second-order valence-electron chi connectivity index (χ2n) is 7.05. The van der Waals surface area contributed by atoms with E-state index in [9.17, 15) is 22.0 Å². The molecule has 0 atom stereocenters. The molecule has 0 bridgehead atoms. The van der Waals surface area contributed by atoms with Gasteiger partial charge in [0.05, 0.1) is 12.0 Å². The van der Waals surface area contributed by atoms with Crippen molar-refractivity contribution in [2.45, 2.75) is 25.0 Å². The molecule has 0 radical (unpaired) electrons. The normalized spacial score (nSPS) is 11.2. The fourth-order valence-electron chi connectivity index (χ4n) is 2.94. The number of amides is 1. The van der Waals surface area contributed by atoms with Crippen molar-refractivity contribution in [3.63, 3.8) is 0 Å². The molecular formula is C23H22F2N2O5S. The summed E-state index contributed by atoms with van der Waals surface area (Å²) in [5.74, 6) is -0.534. The standard InChI is InChI=1S/C23H22F2N2O5S/c1-15-6-9-18(10-7-15)27-33(29,30)19-5-3-4-17(13-19)22(28)26-14-16-8-11-20(32-23(24)25)21(12-16)31-2/h3-13,23,27H,14H2,1-2H3,(H,26,28). The van der Waals surface area contributed by atoms with Gasteiger partial charge in [-0.1, -0.05) is 29.8 Å². The van der Waals surface area contributed by atoms with Gasteiger partial charge in [-0.2, -0.15) is 8.78 Å². The number of hydrogen-bond acceptors (Lipinski definition) is 5. The van der Waals surface area contributed by atoms with Gasteiger partial charge in [0.15, 0.2) is 11.5 Å². The fraction of sp³-hybridized carbons (Fsp3) is 0.174. The third-order valence-corrected chi connectivity index (χ3v) is 5.99. The van der Waals surface area contributed by atoms with Gasteiger partial charge in [0.1, 0.15) is 0 Å². The minimum atomic E-state index is -3.89. The largest absolute Gasteiger partial charge is 0.493 e. The lowest BCUT2D eigenvalue weighted by Gasteiger charge is -2.12. The van der Waals surface area contributed by atoms with E-state index in [0.29, 0.717) is 11.3 Å². The average Bonchev–Trinajstić information content (AvgIpc) is 2.79. The van der Waals surface area contributed by atoms with E-state index in [4.69, 9.17) is 4.74 Å². The first-order chi connectivity index (χ1) is 15.7. The van der Waals surface area contributed by atoms with E-state index >= 15 is 0 Å². The smallest absolute Gasteiger partial charge is 0.387 e. The summed E-state index contributed by atoms with van der Waals surface area (Å²) in [7, 11) is -2.58. The number of nitrogens with one attached hydrogen (secondary N) is 2. The highest BCUT2D eigenvalue weighted by atomic mass is 32.2. The van der Waals surface area contributed by atoms with Crippen LogP contribution < -0.4 is 19.5 Å². The molecule has 0 fully saturated rings. The van der Waals surface area contributed by atoms with E-state index in [0.717, 1.165) is 5.56 Å². The second kappa shape index (κ2) is 10.3. The number of methoxy groups -OCH3 is 1. The molecule has 0 aliphatic heterocycles. The first-order valence-electron chi connectivity index (χ1n) is 9.77. The Kier molecular flexibility index (Phi) is 7.49. The van der Waals surface area contributed by atoms with Crippen LogP contribution in [0.4, 0.5) is 14.5 Å². The van der Waals surface area contributed by atoms with Crippen molar-refractivity contribution in [3.8, 4) is 11.5 Å². The van der Waals surface area contributed by atoms with E-state index in [1.54, 1.807) is 24.3 Å². The number of alkyl halides is 2. The third-order valence-electron chi connectivity index (χ3n) is 4.61. The number of sulfonamides is 1. The summed E-state index contributed by atoms with van der Waals surface area (Å²) in [6, 6.07) is 16.8. The maximum atomic E-state index is 12.7. The number of rotatable bonds is 9. The molecule has 174 valence electrons. The van der Waals surface area contributed by atoms with Crippen molar-refractivity contribution >= 4 is 21.6 Å². The molecule has 0 aliphatic carbocycles. The molecule has 3 aromatic rings. The molecule has 0 spiro atoms. The van der Waals surface area contributed by atoms with Crippen molar-refractivity contribution in [3.05, 3.63) is 83.4 Å². The minimum Gasteiger partial charge on any atom is -0.493 e. The maximum absolute atomic E-state index is 12.7. The highest BCUT2D eigenvalue weighted by Gasteiger charge is 2.17. The molecule has 7 nitrogen and oxygen atoms in total. The topological polar surface area (TPSA) is 93.7 Å². The molecule has 0 saturated heterocycles. The number of halogens is 2. The minimum absolute atomic E-state index is 0.0583. The van der Waals surface area contributed by atoms with Crippen LogP contribution in [0.2, 0.25) is 0 Å². The monoisotopic (exact) mass is 476 g/mol. The molecule has 2 N–H and O–H groups in total. The van der Waals surface area contributed by atoms with Gasteiger partial charge >= 0.3 is 6.61 Å². The zero-order valence-corrected chi connectivity index (χ0v) is 18.7. The van der Waals surface area contributed by atoms with Gasteiger partial charge in [0.2, 0.25) is 0 Å². The summed E-state index contributed by atoms with van der Waals surface area (Å²) in [4.78, 5) is 12.5. The molecule has 0 saturated carbocycles. The van der Waals surface area contributed by atoms with Crippen LogP contribution in [0, 0.1) is 6.92 Å². The molecule has 3 aromatic carbocycles. The molecule has 1 amide bonds. The maximum Gasteiger partial charge on any atom is 0.387 e. The number of benzene rings is 3. The van der Waals surface area contributed by atoms with E-state index in [1.807, 2.05) is 6.92 Å². The number of hydrogen-bond donors (Lipinski definition) is 2. The van der Waals surface area contributed by atoms with Gasteiger partial charge in [-0.25, -0.2) is 8.42 Å². The predicted octanol–water partition coefficient (Wildman–Crippen LogP) is 4.34. The number of ether oxygens (including phenoxy) is 2. The SMILES string of the molecule is COc1cc(CNC(=O)c2cccc(S(=O)(=O)Nc3ccc(C)cc3)c2)ccc1OC(F)F. The van der Waals surface area contributed by atoms with Crippen LogP contribution in [-0.2, 0) is 16.6 Å². The van der Waals surface area contributed by atoms with Crippen molar-refractivity contribution in [2.75, 3.05) is 11.8 Å². The van der Waals surface area contributed by atoms with Crippen molar-refractivity contribution in [2.24, 2.45) is 0 Å². The summed E-state index contributed by atoms with van der Waals surface area (Å²) < 4.78 is 62.2. The number of aryl methyl sites for hydroxylation is 1. The Morgan fingerprint density at radius 2 is 1.73 bits per heavy atom. The Morgan fingerprint density at radius 1 is 1.00 bits per heavy atom. The first-order valence-corrected chi connectivity index (χ1v) is 11.3. The quantitative estimate of drug-likeness (QED) is 0.479. The van der Waals surface area contributed by atoms with E-state index in [-0.39, 0.29) is 28.5 Å². The van der Waals surface area contributed by atoms with E-state index in [2.05, 4.69) is 14.8 Å². The Labute approximate surface area is 190 Å². The number of anilines is 1. The molecule has 3 rings (SSSR count). The molecule has 0 heterocycles. The lowest BCUT2D eigenvalue weighted by atomic mass is 10.1. The van der Waals surface area contributed by atoms with Gasteiger partial charge in [-0.3, -0.25) is 9.52 Å². The molecule has 0 aromatic heterocycles. The van der Waals surface area contributed by atoms with Crippen LogP contribution in [0.1, 0.15) is 21.5 Å². The third kappa shape index (κ3) is 6.42.